The molecule has 1 atom stereocenters. The highest BCUT2D eigenvalue weighted by atomic mass is 16.5. The standard InChI is InChI=1S/C16H16N2O3/c1-10(19)15(11-5-7-13(17)8-6-11)21-14-4-2-3-12(9-14)16(18)20/h2-9,15H,17H2,1H3,(H2,18,20). The molecule has 5 heteroatoms. The molecule has 5 nitrogen and oxygen atoms in total. The van der Waals surface area contributed by atoms with Crippen LogP contribution in [0.1, 0.15) is 28.9 Å². The lowest BCUT2D eigenvalue weighted by molar-refractivity contribution is -0.123. The smallest absolute Gasteiger partial charge is 0.248 e. The molecular formula is C16H16N2O3. The first-order valence-electron chi connectivity index (χ1n) is 6.40. The van der Waals surface area contributed by atoms with Crippen molar-refractivity contribution in [2.75, 3.05) is 5.73 Å². The van der Waals surface area contributed by atoms with Gasteiger partial charge in [0, 0.05) is 11.3 Å². The highest BCUT2D eigenvalue weighted by Crippen LogP contribution is 2.24. The number of carbonyl (C=O) groups excluding carboxylic acids is 2. The molecule has 1 amide bonds. The van der Waals surface area contributed by atoms with Crippen LogP contribution in [0.3, 0.4) is 0 Å². The molecule has 2 aromatic carbocycles. The molecule has 21 heavy (non-hydrogen) atoms. The van der Waals surface area contributed by atoms with E-state index in [1.165, 1.54) is 13.0 Å². The molecule has 0 aliphatic heterocycles. The maximum atomic E-state index is 11.8. The molecule has 0 fully saturated rings. The average molecular weight is 284 g/mol. The number of amides is 1. The maximum absolute atomic E-state index is 11.8. The van der Waals surface area contributed by atoms with E-state index in [1.807, 2.05) is 0 Å². The number of nitrogens with two attached hydrogens (primary N) is 2. The van der Waals surface area contributed by atoms with E-state index >= 15 is 0 Å². The lowest BCUT2D eigenvalue weighted by Gasteiger charge is -2.17. The second kappa shape index (κ2) is 6.09. The molecular weight excluding hydrogens is 268 g/mol. The Morgan fingerprint density at radius 3 is 2.33 bits per heavy atom. The Morgan fingerprint density at radius 1 is 1.10 bits per heavy atom. The van der Waals surface area contributed by atoms with E-state index in [1.54, 1.807) is 42.5 Å². The summed E-state index contributed by atoms with van der Waals surface area (Å²) < 4.78 is 5.69. The number of Topliss-reactive ketones (excluding diaryl/α,β-unsaturated/α-hetero) is 1. The molecule has 0 radical (unpaired) electrons. The fourth-order valence-corrected chi connectivity index (χ4v) is 1.92. The zero-order valence-electron chi connectivity index (χ0n) is 11.6. The highest BCUT2D eigenvalue weighted by Gasteiger charge is 2.19. The molecule has 4 N–H and O–H groups in total. The van der Waals surface area contributed by atoms with Crippen molar-refractivity contribution in [2.24, 2.45) is 5.73 Å². The summed E-state index contributed by atoms with van der Waals surface area (Å²) in [6.45, 7) is 1.44. The Bertz CT molecular complexity index is 665. The van der Waals surface area contributed by atoms with Crippen LogP contribution in [0.25, 0.3) is 0 Å². The van der Waals surface area contributed by atoms with E-state index in [2.05, 4.69) is 0 Å². The number of ketones is 1. The van der Waals surface area contributed by atoms with Gasteiger partial charge >= 0.3 is 0 Å². The Hall–Kier alpha value is -2.82. The maximum Gasteiger partial charge on any atom is 0.248 e. The quantitative estimate of drug-likeness (QED) is 0.822. The van der Waals surface area contributed by atoms with E-state index in [4.69, 9.17) is 16.2 Å². The minimum Gasteiger partial charge on any atom is -0.478 e. The van der Waals surface area contributed by atoms with E-state index in [9.17, 15) is 9.59 Å². The van der Waals surface area contributed by atoms with Crippen LogP contribution < -0.4 is 16.2 Å². The summed E-state index contributed by atoms with van der Waals surface area (Å²) in [4.78, 5) is 23.0. The predicted octanol–water partition coefficient (Wildman–Crippen LogP) is 2.08. The molecule has 1 unspecified atom stereocenters. The number of ether oxygens (including phenoxy) is 1. The van der Waals surface area contributed by atoms with Crippen molar-refractivity contribution in [3.63, 3.8) is 0 Å². The number of benzene rings is 2. The predicted molar refractivity (Wildman–Crippen MR) is 79.9 cm³/mol. The van der Waals surface area contributed by atoms with E-state index < -0.39 is 12.0 Å². The number of anilines is 1. The Labute approximate surface area is 122 Å². The highest BCUT2D eigenvalue weighted by molar-refractivity contribution is 5.93. The number of hydrogen-bond acceptors (Lipinski definition) is 4. The van der Waals surface area contributed by atoms with Crippen molar-refractivity contribution in [1.29, 1.82) is 0 Å². The normalized spacial score (nSPS) is 11.7. The average Bonchev–Trinajstić information content (AvgIpc) is 2.46. The van der Waals surface area contributed by atoms with Gasteiger partial charge in [-0.15, -0.1) is 0 Å². The molecule has 2 rings (SSSR count). The third-order valence-electron chi connectivity index (χ3n) is 2.98. The van der Waals surface area contributed by atoms with Crippen LogP contribution in [-0.4, -0.2) is 11.7 Å². The van der Waals surface area contributed by atoms with Crippen molar-refractivity contribution in [3.05, 3.63) is 59.7 Å². The number of primary amides is 1. The van der Waals surface area contributed by atoms with Crippen molar-refractivity contribution in [3.8, 4) is 5.75 Å². The number of hydrogen-bond donors (Lipinski definition) is 2. The summed E-state index contributed by atoms with van der Waals surface area (Å²) in [5, 5.41) is 0. The summed E-state index contributed by atoms with van der Waals surface area (Å²) in [5.41, 5.74) is 12.5. The SMILES string of the molecule is CC(=O)C(Oc1cccc(C(N)=O)c1)c1ccc(N)cc1. The molecule has 0 saturated carbocycles. The van der Waals surface area contributed by atoms with Gasteiger partial charge in [0.15, 0.2) is 11.9 Å². The van der Waals surface area contributed by atoms with Gasteiger partial charge in [0.2, 0.25) is 5.91 Å². The fourth-order valence-electron chi connectivity index (χ4n) is 1.92. The van der Waals surface area contributed by atoms with Crippen molar-refractivity contribution in [2.45, 2.75) is 13.0 Å². The van der Waals surface area contributed by atoms with Crippen molar-refractivity contribution in [1.82, 2.24) is 0 Å². The molecule has 108 valence electrons. The number of nitrogen functional groups attached to an aromatic ring is 1. The Morgan fingerprint density at radius 2 is 1.76 bits per heavy atom. The van der Waals surface area contributed by atoms with E-state index in [-0.39, 0.29) is 5.78 Å². The van der Waals surface area contributed by atoms with Crippen LogP contribution in [0.2, 0.25) is 0 Å². The van der Waals surface area contributed by atoms with Gasteiger partial charge in [-0.2, -0.15) is 0 Å². The fraction of sp³-hybridized carbons (Fsp3) is 0.125. The third-order valence-corrected chi connectivity index (χ3v) is 2.98. The molecule has 0 aliphatic rings. The minimum absolute atomic E-state index is 0.149. The van der Waals surface area contributed by atoms with Crippen LogP contribution in [0.15, 0.2) is 48.5 Å². The Kier molecular flexibility index (Phi) is 4.23. The zero-order chi connectivity index (χ0) is 15.4. The van der Waals surface area contributed by atoms with Gasteiger partial charge in [-0.3, -0.25) is 9.59 Å². The molecule has 2 aromatic rings. The summed E-state index contributed by atoms with van der Waals surface area (Å²) in [5.74, 6) is -0.292. The molecule has 0 bridgehead atoms. The minimum atomic E-state index is -0.756. The van der Waals surface area contributed by atoms with Crippen molar-refractivity contribution >= 4 is 17.4 Å². The zero-order valence-corrected chi connectivity index (χ0v) is 11.6. The second-order valence-corrected chi connectivity index (χ2v) is 4.67. The molecule has 0 saturated heterocycles. The van der Waals surface area contributed by atoms with Crippen LogP contribution >= 0.6 is 0 Å². The van der Waals surface area contributed by atoms with E-state index in [0.717, 1.165) is 0 Å². The van der Waals surface area contributed by atoms with Crippen molar-refractivity contribution < 1.29 is 14.3 Å². The molecule has 0 spiro atoms. The number of carbonyl (C=O) groups is 2. The third kappa shape index (κ3) is 3.60. The van der Waals surface area contributed by atoms with Gasteiger partial charge < -0.3 is 16.2 Å². The summed E-state index contributed by atoms with van der Waals surface area (Å²) in [6, 6.07) is 13.3. The van der Waals surface area contributed by atoms with Gasteiger partial charge in [0.05, 0.1) is 0 Å². The van der Waals surface area contributed by atoms with Crippen LogP contribution in [-0.2, 0) is 4.79 Å². The van der Waals surface area contributed by atoms with Gasteiger partial charge in [-0.05, 0) is 42.8 Å². The summed E-state index contributed by atoms with van der Waals surface area (Å²) >= 11 is 0. The van der Waals surface area contributed by atoms with Crippen LogP contribution in [0.5, 0.6) is 5.75 Å². The lowest BCUT2D eigenvalue weighted by atomic mass is 10.1. The van der Waals surface area contributed by atoms with Gasteiger partial charge in [0.1, 0.15) is 5.75 Å². The van der Waals surface area contributed by atoms with E-state index in [0.29, 0.717) is 22.6 Å². The van der Waals surface area contributed by atoms with Gasteiger partial charge in [-0.25, -0.2) is 0 Å². The largest absolute Gasteiger partial charge is 0.478 e. The first-order valence-corrected chi connectivity index (χ1v) is 6.40. The van der Waals surface area contributed by atoms with Crippen LogP contribution in [0, 0.1) is 0 Å². The topological polar surface area (TPSA) is 95.4 Å². The Balaban J connectivity index is 2.28. The van der Waals surface area contributed by atoms with Gasteiger partial charge in [-0.1, -0.05) is 18.2 Å². The van der Waals surface area contributed by atoms with Crippen LogP contribution in [0.4, 0.5) is 5.69 Å². The first kappa shape index (κ1) is 14.6. The lowest BCUT2D eigenvalue weighted by Crippen LogP contribution is -2.17. The molecule has 0 aromatic heterocycles. The number of rotatable bonds is 5. The first-order chi connectivity index (χ1) is 9.97. The molecule has 0 aliphatic carbocycles. The van der Waals surface area contributed by atoms with Gasteiger partial charge in [0.25, 0.3) is 0 Å². The monoisotopic (exact) mass is 284 g/mol. The molecule has 0 heterocycles. The summed E-state index contributed by atoms with van der Waals surface area (Å²) in [6.07, 6.45) is -0.756. The summed E-state index contributed by atoms with van der Waals surface area (Å²) in [7, 11) is 0. The second-order valence-electron chi connectivity index (χ2n) is 4.67.